The molecule has 2 heterocycles. The molecule has 12 heteroatoms. The molecule has 0 spiro atoms. The zero-order valence-electron chi connectivity index (χ0n) is 26.8. The van der Waals surface area contributed by atoms with E-state index in [0.29, 0.717) is 10.2 Å². The molecule has 11 nitrogen and oxygen atoms in total. The molecule has 0 radical (unpaired) electrons. The van der Waals surface area contributed by atoms with Gasteiger partial charge in [-0.25, -0.2) is 14.8 Å². The lowest BCUT2D eigenvalue weighted by Gasteiger charge is -2.49. The number of β-lactam (4-membered cyclic amide) rings is 1. The highest BCUT2D eigenvalue weighted by Gasteiger charge is 2.55. The number of hydroxylamine groups is 2. The Morgan fingerprint density at radius 3 is 1.91 bits per heavy atom. The van der Waals surface area contributed by atoms with Gasteiger partial charge in [0.2, 0.25) is 6.61 Å². The number of nitrogens with one attached hydrogen (secondary N) is 2. The van der Waals surface area contributed by atoms with Crippen LogP contribution in [0.4, 0.5) is 5.13 Å². The van der Waals surface area contributed by atoms with Crippen molar-refractivity contribution in [2.24, 2.45) is 5.16 Å². The Balaban J connectivity index is 1.52. The van der Waals surface area contributed by atoms with E-state index in [9.17, 15) is 19.6 Å². The molecule has 5 rings (SSSR count). The summed E-state index contributed by atoms with van der Waals surface area (Å²) in [5.41, 5.74) is 0.0932. The number of rotatable bonds is 11. The van der Waals surface area contributed by atoms with Gasteiger partial charge >= 0.3 is 5.97 Å². The lowest BCUT2D eigenvalue weighted by atomic mass is 9.77. The molecule has 1 aromatic heterocycles. The molecule has 244 valence electrons. The Morgan fingerprint density at radius 2 is 1.45 bits per heavy atom. The fourth-order valence-electron chi connectivity index (χ4n) is 5.31. The Hall–Kier alpha value is -5.07. The summed E-state index contributed by atoms with van der Waals surface area (Å²) < 4.78 is 5.28. The van der Waals surface area contributed by atoms with Gasteiger partial charge in [-0.05, 0) is 51.3 Å². The van der Waals surface area contributed by atoms with Gasteiger partial charge in [-0.15, -0.1) is 11.3 Å². The van der Waals surface area contributed by atoms with E-state index in [4.69, 9.17) is 14.6 Å². The number of ether oxygens (including phenoxy) is 1. The van der Waals surface area contributed by atoms with E-state index in [1.807, 2.05) is 91.0 Å². The second-order valence-corrected chi connectivity index (χ2v) is 13.4. The Morgan fingerprint density at radius 1 is 0.936 bits per heavy atom. The number of hydrogen-bond acceptors (Lipinski definition) is 10. The molecule has 1 aliphatic rings. The molecule has 2 amide bonds. The molecular weight excluding hydrogens is 618 g/mol. The Kier molecular flexibility index (Phi) is 9.45. The number of benzene rings is 3. The van der Waals surface area contributed by atoms with Crippen molar-refractivity contribution < 1.29 is 29.2 Å². The minimum atomic E-state index is -1.05. The van der Waals surface area contributed by atoms with Crippen LogP contribution >= 0.6 is 11.3 Å². The van der Waals surface area contributed by atoms with E-state index in [1.165, 1.54) is 11.3 Å². The number of aromatic nitrogens is 1. The number of carbonyl (C=O) groups excluding carboxylic acids is 3. The molecule has 47 heavy (non-hydrogen) atoms. The van der Waals surface area contributed by atoms with Gasteiger partial charge in [0.15, 0.2) is 10.8 Å². The number of anilines is 1. The van der Waals surface area contributed by atoms with E-state index in [2.05, 4.69) is 15.8 Å². The highest BCUT2D eigenvalue weighted by atomic mass is 32.1. The van der Waals surface area contributed by atoms with Crippen molar-refractivity contribution in [2.75, 3.05) is 11.9 Å². The largest absolute Gasteiger partial charge is 0.457 e. The zero-order chi connectivity index (χ0) is 33.8. The second-order valence-electron chi connectivity index (χ2n) is 12.5. The first kappa shape index (κ1) is 33.3. The van der Waals surface area contributed by atoms with E-state index in [0.717, 1.165) is 16.7 Å². The molecule has 3 N–H and O–H groups in total. The molecule has 1 saturated heterocycles. The van der Waals surface area contributed by atoms with Crippen molar-refractivity contribution in [1.29, 1.82) is 0 Å². The van der Waals surface area contributed by atoms with Crippen LogP contribution in [0.1, 0.15) is 57.0 Å². The van der Waals surface area contributed by atoms with Crippen molar-refractivity contribution in [3.8, 4) is 0 Å². The van der Waals surface area contributed by atoms with Crippen LogP contribution in [-0.2, 0) is 29.5 Å². The van der Waals surface area contributed by atoms with E-state index < -0.39 is 47.1 Å². The highest BCUT2D eigenvalue weighted by Crippen LogP contribution is 2.40. The summed E-state index contributed by atoms with van der Waals surface area (Å²) in [5.74, 6) is -2.12. The van der Waals surface area contributed by atoms with Crippen molar-refractivity contribution in [1.82, 2.24) is 15.4 Å². The molecule has 1 unspecified atom stereocenters. The quantitative estimate of drug-likeness (QED) is 0.0506. The second kappa shape index (κ2) is 13.3. The third-order valence-electron chi connectivity index (χ3n) is 7.62. The summed E-state index contributed by atoms with van der Waals surface area (Å²) in [5, 5.41) is 22.9. The molecule has 0 bridgehead atoms. The van der Waals surface area contributed by atoms with Crippen LogP contribution < -0.4 is 10.6 Å². The first-order valence-electron chi connectivity index (χ1n) is 15.0. The van der Waals surface area contributed by atoms with Crippen LogP contribution in [0.2, 0.25) is 0 Å². The molecule has 4 aromatic rings. The third kappa shape index (κ3) is 7.03. The predicted molar refractivity (Wildman–Crippen MR) is 178 cm³/mol. The summed E-state index contributed by atoms with van der Waals surface area (Å²) in [6, 6.07) is 28.9. The highest BCUT2D eigenvalue weighted by molar-refractivity contribution is 7.14. The molecule has 0 saturated carbocycles. The van der Waals surface area contributed by atoms with Crippen LogP contribution in [0, 0.1) is 0 Å². The summed E-state index contributed by atoms with van der Waals surface area (Å²) in [4.78, 5) is 48.3. The van der Waals surface area contributed by atoms with Gasteiger partial charge in [0.05, 0.1) is 5.54 Å². The molecular formula is C35H37N5O6S. The number of oxime groups is 1. The fourth-order valence-corrected chi connectivity index (χ4v) is 6.06. The number of amides is 2. The van der Waals surface area contributed by atoms with Crippen LogP contribution in [0.5, 0.6) is 0 Å². The van der Waals surface area contributed by atoms with Crippen LogP contribution in [0.3, 0.4) is 0 Å². The van der Waals surface area contributed by atoms with Gasteiger partial charge in [0.1, 0.15) is 22.9 Å². The molecule has 1 fully saturated rings. The van der Waals surface area contributed by atoms with Crippen molar-refractivity contribution in [3.05, 3.63) is 119 Å². The van der Waals surface area contributed by atoms with Crippen molar-refractivity contribution in [2.45, 2.75) is 57.3 Å². The molecule has 3 aromatic carbocycles. The SMILES string of the molecule is CC(C)(C)OC(=O)CON=C(C(=O)NC1C(=O)N(O)C1(C)C)c1csc(NC(c2ccccc2)(c2ccccc2)c2ccccc2)n1. The van der Waals surface area contributed by atoms with Crippen LogP contribution in [0.25, 0.3) is 0 Å². The fraction of sp³-hybridized carbons (Fsp3) is 0.286. The molecule has 1 atom stereocenters. The number of carbonyl (C=O) groups is 3. The van der Waals surface area contributed by atoms with Gasteiger partial charge in [-0.3, -0.25) is 14.8 Å². The van der Waals surface area contributed by atoms with Crippen LogP contribution in [-0.4, -0.2) is 62.5 Å². The van der Waals surface area contributed by atoms with Gasteiger partial charge in [0.25, 0.3) is 11.8 Å². The normalized spacial score (nSPS) is 16.2. The standard InChI is InChI=1S/C35H37N5O6S/c1-33(2,3)46-27(41)21-45-39-28(30(42)37-29-31(43)40(44)34(29,4)5)26-22-47-32(36-26)38-35(23-15-9-6-10-16-23,24-17-11-7-12-18-24)25-19-13-8-14-20-25/h6-20,22,29,44H,21H2,1-5H3,(H,36,38)(H,37,42). The topological polar surface area (TPSA) is 142 Å². The minimum absolute atomic E-state index is 0.146. The average molecular weight is 656 g/mol. The van der Waals surface area contributed by atoms with E-state index in [1.54, 1.807) is 40.0 Å². The zero-order valence-corrected chi connectivity index (χ0v) is 27.6. The number of esters is 1. The van der Waals surface area contributed by atoms with Crippen LogP contribution in [0.15, 0.2) is 102 Å². The maximum atomic E-state index is 13.6. The Bertz CT molecular complexity index is 1660. The van der Waals surface area contributed by atoms with Gasteiger partial charge in [-0.1, -0.05) is 96.2 Å². The monoisotopic (exact) mass is 655 g/mol. The van der Waals surface area contributed by atoms with Crippen molar-refractivity contribution >= 4 is 40.0 Å². The maximum absolute atomic E-state index is 13.6. The average Bonchev–Trinajstić information content (AvgIpc) is 3.52. The predicted octanol–water partition coefficient (Wildman–Crippen LogP) is 5.10. The first-order chi connectivity index (χ1) is 22.3. The minimum Gasteiger partial charge on any atom is -0.457 e. The number of hydrogen-bond donors (Lipinski definition) is 3. The number of nitrogens with zero attached hydrogens (tertiary/aromatic N) is 3. The molecule has 1 aliphatic heterocycles. The molecule has 0 aliphatic carbocycles. The smallest absolute Gasteiger partial charge is 0.347 e. The van der Waals surface area contributed by atoms with Gasteiger partial charge in [0, 0.05) is 5.38 Å². The first-order valence-corrected chi connectivity index (χ1v) is 15.9. The lowest BCUT2D eigenvalue weighted by Crippen LogP contribution is -2.75. The summed E-state index contributed by atoms with van der Waals surface area (Å²) in [7, 11) is 0. The van der Waals surface area contributed by atoms with E-state index in [-0.39, 0.29) is 11.4 Å². The van der Waals surface area contributed by atoms with Gasteiger partial charge in [-0.2, -0.15) is 0 Å². The summed E-state index contributed by atoms with van der Waals surface area (Å²) >= 11 is 1.25. The summed E-state index contributed by atoms with van der Waals surface area (Å²) in [6.45, 7) is 7.82. The third-order valence-corrected chi connectivity index (χ3v) is 8.38. The number of thiazole rings is 1. The van der Waals surface area contributed by atoms with Crippen molar-refractivity contribution in [3.63, 3.8) is 0 Å². The lowest BCUT2D eigenvalue weighted by molar-refractivity contribution is -0.231. The van der Waals surface area contributed by atoms with Gasteiger partial charge < -0.3 is 20.2 Å². The van der Waals surface area contributed by atoms with E-state index >= 15 is 0 Å². The Labute approximate surface area is 277 Å². The summed E-state index contributed by atoms with van der Waals surface area (Å²) in [6.07, 6.45) is 0. The maximum Gasteiger partial charge on any atom is 0.347 e.